The molecule has 0 saturated carbocycles. The second kappa shape index (κ2) is 6.86. The maximum Gasteiger partial charge on any atom is 0.269 e. The van der Waals surface area contributed by atoms with Crippen molar-refractivity contribution in [3.8, 4) is 0 Å². The third kappa shape index (κ3) is 4.15. The smallest absolute Gasteiger partial charge is 0.269 e. The van der Waals surface area contributed by atoms with Crippen molar-refractivity contribution >= 4 is 93.8 Å². The summed E-state index contributed by atoms with van der Waals surface area (Å²) in [6.07, 6.45) is 0.985. The molecule has 0 radical (unpaired) electrons. The Hall–Kier alpha value is -1.17. The van der Waals surface area contributed by atoms with E-state index in [0.29, 0.717) is 20.1 Å². The molecule has 13 heteroatoms. The number of carbonyl (C=O) groups excluding carboxylic acids is 1. The molecule has 25 heavy (non-hydrogen) atoms. The van der Waals surface area contributed by atoms with E-state index in [2.05, 4.69) is 20.2 Å². The molecule has 2 N–H and O–H groups in total. The highest BCUT2D eigenvalue weighted by Crippen LogP contribution is 2.41. The summed E-state index contributed by atoms with van der Waals surface area (Å²) in [4.78, 5) is 12.7. The zero-order valence-corrected chi connectivity index (χ0v) is 16.8. The number of sulfonamides is 1. The maximum atomic E-state index is 12.4. The lowest BCUT2D eigenvalue weighted by molar-refractivity contribution is 0.103. The van der Waals surface area contributed by atoms with Gasteiger partial charge in [-0.25, -0.2) is 8.42 Å². The van der Waals surface area contributed by atoms with Crippen molar-refractivity contribution in [1.29, 1.82) is 0 Å². The normalized spacial score (nSPS) is 11.7. The number of nitrogens with one attached hydrogen (secondary N) is 2. The fourth-order valence-corrected chi connectivity index (χ4v) is 5.63. The number of carbonyl (C=O) groups is 1. The summed E-state index contributed by atoms with van der Waals surface area (Å²) in [5, 5.41) is 11.5. The van der Waals surface area contributed by atoms with E-state index in [9.17, 15) is 13.2 Å². The number of hydrogen-bond acceptors (Lipinski definition) is 7. The Kier molecular flexibility index (Phi) is 5.11. The van der Waals surface area contributed by atoms with Crippen LogP contribution in [-0.4, -0.2) is 30.8 Å². The largest absolute Gasteiger partial charge is 0.296 e. The number of thiophene rings is 1. The number of amides is 1. The molecule has 3 aromatic rings. The van der Waals surface area contributed by atoms with E-state index in [0.717, 1.165) is 28.9 Å². The highest BCUT2D eigenvalue weighted by molar-refractivity contribution is 7.92. The molecule has 7 nitrogen and oxygen atoms in total. The van der Waals surface area contributed by atoms with Gasteiger partial charge in [0.05, 0.1) is 16.3 Å². The molecule has 0 aliphatic rings. The average Bonchev–Trinajstić information content (AvgIpc) is 3.01. The van der Waals surface area contributed by atoms with Gasteiger partial charge in [0.15, 0.2) is 0 Å². The topological polar surface area (TPSA) is 101 Å². The van der Waals surface area contributed by atoms with Crippen molar-refractivity contribution in [3.63, 3.8) is 0 Å². The standard InChI is InChI=1S/C12H7Cl3N4O3S3/c1-25(21,22)19-12-18-17-11(24-12)16-10(20)9-8(15)7-5(14)2-4(13)3-6(7)23-9/h2-3H,1H3,(H,18,19)(H,16,17,20). The molecular formula is C12H7Cl3N4O3S3. The average molecular weight is 458 g/mol. The zero-order chi connectivity index (χ0) is 18.4. The number of fused-ring (bicyclic) bond motifs is 1. The molecule has 1 amide bonds. The molecule has 2 heterocycles. The van der Waals surface area contributed by atoms with Crippen LogP contribution in [0.2, 0.25) is 15.1 Å². The minimum atomic E-state index is -3.48. The summed E-state index contributed by atoms with van der Waals surface area (Å²) >= 11 is 20.4. The maximum absolute atomic E-state index is 12.4. The van der Waals surface area contributed by atoms with E-state index >= 15 is 0 Å². The van der Waals surface area contributed by atoms with Gasteiger partial charge >= 0.3 is 0 Å². The van der Waals surface area contributed by atoms with Crippen molar-refractivity contribution in [2.24, 2.45) is 0 Å². The molecule has 0 fully saturated rings. The van der Waals surface area contributed by atoms with Crippen molar-refractivity contribution in [1.82, 2.24) is 10.2 Å². The van der Waals surface area contributed by atoms with E-state index in [4.69, 9.17) is 34.8 Å². The van der Waals surface area contributed by atoms with Gasteiger partial charge in [-0.05, 0) is 12.1 Å². The summed E-state index contributed by atoms with van der Waals surface area (Å²) < 4.78 is 25.2. The number of aromatic nitrogens is 2. The summed E-state index contributed by atoms with van der Waals surface area (Å²) in [6, 6.07) is 3.20. The van der Waals surface area contributed by atoms with Crippen molar-refractivity contribution < 1.29 is 13.2 Å². The Labute approximate surface area is 165 Å². The number of hydrogen-bond donors (Lipinski definition) is 2. The van der Waals surface area contributed by atoms with Gasteiger partial charge in [0.2, 0.25) is 20.3 Å². The Balaban J connectivity index is 1.88. The Morgan fingerprint density at radius 3 is 2.48 bits per heavy atom. The molecule has 2 aromatic heterocycles. The molecule has 1 aromatic carbocycles. The summed E-state index contributed by atoms with van der Waals surface area (Å²) in [7, 11) is -3.48. The van der Waals surface area contributed by atoms with Crippen molar-refractivity contribution in [2.45, 2.75) is 0 Å². The first kappa shape index (κ1) is 18.6. The fraction of sp³-hybridized carbons (Fsp3) is 0.0833. The van der Waals surface area contributed by atoms with E-state index in [1.165, 1.54) is 0 Å². The molecule has 0 saturated heterocycles. The van der Waals surface area contributed by atoms with Crippen LogP contribution in [0.15, 0.2) is 12.1 Å². The van der Waals surface area contributed by atoms with Crippen LogP contribution in [0, 0.1) is 0 Å². The van der Waals surface area contributed by atoms with Crippen LogP contribution in [0.25, 0.3) is 10.1 Å². The lowest BCUT2D eigenvalue weighted by atomic mass is 10.2. The second-order valence-electron chi connectivity index (χ2n) is 4.75. The van der Waals surface area contributed by atoms with Crippen LogP contribution >= 0.6 is 57.5 Å². The van der Waals surface area contributed by atoms with Crippen molar-refractivity contribution in [3.05, 3.63) is 32.1 Å². The van der Waals surface area contributed by atoms with Crippen LogP contribution in [0.3, 0.4) is 0 Å². The Bertz CT molecular complexity index is 1090. The summed E-state index contributed by atoms with van der Waals surface area (Å²) in [5.41, 5.74) is 0. The first-order valence-electron chi connectivity index (χ1n) is 6.34. The van der Waals surface area contributed by atoms with Gasteiger partial charge in [-0.1, -0.05) is 46.1 Å². The van der Waals surface area contributed by atoms with E-state index in [-0.39, 0.29) is 20.2 Å². The molecule has 0 aliphatic heterocycles. The highest BCUT2D eigenvalue weighted by Gasteiger charge is 2.21. The van der Waals surface area contributed by atoms with E-state index < -0.39 is 15.9 Å². The van der Waals surface area contributed by atoms with Crippen LogP contribution < -0.4 is 10.0 Å². The number of anilines is 2. The molecule has 0 unspecified atom stereocenters. The predicted molar refractivity (Wildman–Crippen MR) is 103 cm³/mol. The quantitative estimate of drug-likeness (QED) is 0.607. The minimum Gasteiger partial charge on any atom is -0.296 e. The first-order chi connectivity index (χ1) is 11.6. The van der Waals surface area contributed by atoms with Gasteiger partial charge in [0, 0.05) is 15.1 Å². The number of halogens is 3. The third-order valence-electron chi connectivity index (χ3n) is 2.77. The second-order valence-corrected chi connectivity index (χ2v) is 9.75. The van der Waals surface area contributed by atoms with Gasteiger partial charge in [-0.3, -0.25) is 14.8 Å². The fourth-order valence-electron chi connectivity index (χ4n) is 1.89. The lowest BCUT2D eigenvalue weighted by Gasteiger charge is -1.99. The van der Waals surface area contributed by atoms with E-state index in [1.54, 1.807) is 12.1 Å². The van der Waals surface area contributed by atoms with Gasteiger partial charge in [0.25, 0.3) is 5.91 Å². The van der Waals surface area contributed by atoms with Crippen LogP contribution in [0.1, 0.15) is 9.67 Å². The zero-order valence-electron chi connectivity index (χ0n) is 12.1. The van der Waals surface area contributed by atoms with Crippen LogP contribution in [-0.2, 0) is 10.0 Å². The summed E-state index contributed by atoms with van der Waals surface area (Å²) in [5.74, 6) is -0.513. The minimum absolute atomic E-state index is 0.0371. The molecule has 0 aliphatic carbocycles. The van der Waals surface area contributed by atoms with Crippen LogP contribution in [0.5, 0.6) is 0 Å². The molecule has 132 valence electrons. The van der Waals surface area contributed by atoms with Crippen LogP contribution in [0.4, 0.5) is 10.3 Å². The number of benzene rings is 1. The Morgan fingerprint density at radius 1 is 1.12 bits per heavy atom. The van der Waals surface area contributed by atoms with Crippen molar-refractivity contribution in [2.75, 3.05) is 16.3 Å². The molecule has 0 spiro atoms. The summed E-state index contributed by atoms with van der Waals surface area (Å²) in [6.45, 7) is 0. The molecule has 0 atom stereocenters. The molecule has 3 rings (SSSR count). The monoisotopic (exact) mass is 456 g/mol. The highest BCUT2D eigenvalue weighted by atomic mass is 35.5. The molecule has 0 bridgehead atoms. The molecular weight excluding hydrogens is 451 g/mol. The predicted octanol–water partition coefficient (Wildman–Crippen LogP) is 4.34. The first-order valence-corrected chi connectivity index (χ1v) is 11.0. The number of rotatable bonds is 4. The number of nitrogens with zero attached hydrogens (tertiary/aromatic N) is 2. The Morgan fingerprint density at radius 2 is 1.80 bits per heavy atom. The van der Waals surface area contributed by atoms with E-state index in [1.807, 2.05) is 0 Å². The third-order valence-corrected chi connectivity index (χ3v) is 6.36. The lowest BCUT2D eigenvalue weighted by Crippen LogP contribution is -2.10. The van der Waals surface area contributed by atoms with Gasteiger partial charge in [-0.15, -0.1) is 21.5 Å². The van der Waals surface area contributed by atoms with Gasteiger partial charge in [-0.2, -0.15) is 0 Å². The van der Waals surface area contributed by atoms with Gasteiger partial charge < -0.3 is 0 Å². The SMILES string of the molecule is CS(=O)(=O)Nc1nnc(NC(=O)c2sc3cc(Cl)cc(Cl)c3c2Cl)s1. The van der Waals surface area contributed by atoms with Gasteiger partial charge in [0.1, 0.15) is 4.88 Å².